The van der Waals surface area contributed by atoms with E-state index in [1.54, 1.807) is 11.0 Å². The fourth-order valence-electron chi connectivity index (χ4n) is 1.52. The first kappa shape index (κ1) is 13.0. The predicted octanol–water partition coefficient (Wildman–Crippen LogP) is 1.52. The monoisotopic (exact) mass is 231 g/mol. The topological polar surface area (TPSA) is 56.1 Å². The number of nitrogens with zero attached hydrogens (tertiary/aromatic N) is 2. The second kappa shape index (κ2) is 6.54. The molecule has 0 aliphatic heterocycles. The summed E-state index contributed by atoms with van der Waals surface area (Å²) in [5.74, 6) is -0.0258. The first-order chi connectivity index (χ1) is 8.19. The van der Waals surface area contributed by atoms with Crippen molar-refractivity contribution in [3.8, 4) is 6.07 Å². The van der Waals surface area contributed by atoms with Crippen LogP contribution in [0, 0.1) is 11.3 Å². The van der Waals surface area contributed by atoms with Crippen molar-refractivity contribution >= 4 is 11.6 Å². The second-order valence-corrected chi connectivity index (χ2v) is 3.83. The van der Waals surface area contributed by atoms with Crippen molar-refractivity contribution < 1.29 is 4.79 Å². The third kappa shape index (κ3) is 3.80. The molecule has 0 aliphatic carbocycles. The van der Waals surface area contributed by atoms with Crippen LogP contribution in [0.2, 0.25) is 0 Å². The number of likely N-dealkylation sites (N-methyl/N-ethyl adjacent to an activating group) is 1. The molecule has 1 rings (SSSR count). The van der Waals surface area contributed by atoms with Crippen LogP contribution < -0.4 is 10.2 Å². The molecule has 0 heterocycles. The highest BCUT2D eigenvalue weighted by Crippen LogP contribution is 2.17. The second-order valence-electron chi connectivity index (χ2n) is 3.83. The van der Waals surface area contributed by atoms with E-state index in [4.69, 9.17) is 5.26 Å². The lowest BCUT2D eigenvalue weighted by Gasteiger charge is -2.19. The standard InChI is InChI=1S/C13H17N3O/c1-3-8-15-13(17)10-16(2)12-7-5-4-6-11(12)9-14/h4-7H,3,8,10H2,1-2H3,(H,15,17). The number of hydrogen-bond donors (Lipinski definition) is 1. The Morgan fingerprint density at radius 3 is 2.82 bits per heavy atom. The molecule has 0 spiro atoms. The molecule has 90 valence electrons. The molecule has 0 unspecified atom stereocenters. The van der Waals surface area contributed by atoms with E-state index in [-0.39, 0.29) is 12.5 Å². The number of carbonyl (C=O) groups excluding carboxylic acids is 1. The van der Waals surface area contributed by atoms with Gasteiger partial charge in [-0.25, -0.2) is 0 Å². The predicted molar refractivity (Wildman–Crippen MR) is 67.7 cm³/mol. The van der Waals surface area contributed by atoms with Gasteiger partial charge in [-0.15, -0.1) is 0 Å². The first-order valence-electron chi connectivity index (χ1n) is 5.66. The summed E-state index contributed by atoms with van der Waals surface area (Å²) < 4.78 is 0. The van der Waals surface area contributed by atoms with Crippen LogP contribution >= 0.6 is 0 Å². The largest absolute Gasteiger partial charge is 0.364 e. The fourth-order valence-corrected chi connectivity index (χ4v) is 1.52. The maximum Gasteiger partial charge on any atom is 0.239 e. The highest BCUT2D eigenvalue weighted by molar-refractivity contribution is 5.81. The Balaban J connectivity index is 2.67. The van der Waals surface area contributed by atoms with Crippen molar-refractivity contribution in [1.82, 2.24) is 5.32 Å². The molecule has 17 heavy (non-hydrogen) atoms. The number of amides is 1. The van der Waals surface area contributed by atoms with Crippen molar-refractivity contribution in [3.05, 3.63) is 29.8 Å². The molecule has 0 fully saturated rings. The van der Waals surface area contributed by atoms with Crippen molar-refractivity contribution in [2.75, 3.05) is 25.0 Å². The zero-order valence-electron chi connectivity index (χ0n) is 10.2. The van der Waals surface area contributed by atoms with E-state index < -0.39 is 0 Å². The molecule has 0 atom stereocenters. The molecule has 1 N–H and O–H groups in total. The highest BCUT2D eigenvalue weighted by Gasteiger charge is 2.09. The van der Waals surface area contributed by atoms with Gasteiger partial charge in [-0.3, -0.25) is 4.79 Å². The summed E-state index contributed by atoms with van der Waals surface area (Å²) in [6, 6.07) is 9.37. The quantitative estimate of drug-likeness (QED) is 0.836. The van der Waals surface area contributed by atoms with Gasteiger partial charge in [-0.1, -0.05) is 19.1 Å². The molecule has 1 aromatic rings. The molecule has 1 aromatic carbocycles. The van der Waals surface area contributed by atoms with Gasteiger partial charge in [0.15, 0.2) is 0 Å². The average Bonchev–Trinajstić information content (AvgIpc) is 2.36. The number of nitrogens with one attached hydrogen (secondary N) is 1. The van der Waals surface area contributed by atoms with Gasteiger partial charge in [0.1, 0.15) is 6.07 Å². The molecule has 0 bridgehead atoms. The summed E-state index contributed by atoms with van der Waals surface area (Å²) in [5, 5.41) is 11.8. The molecular weight excluding hydrogens is 214 g/mol. The van der Waals surface area contributed by atoms with E-state index >= 15 is 0 Å². The Kier molecular flexibility index (Phi) is 5.02. The molecule has 4 heteroatoms. The molecule has 0 aromatic heterocycles. The van der Waals surface area contributed by atoms with Crippen molar-refractivity contribution in [3.63, 3.8) is 0 Å². The minimum Gasteiger partial charge on any atom is -0.364 e. The van der Waals surface area contributed by atoms with E-state index in [0.29, 0.717) is 12.1 Å². The van der Waals surface area contributed by atoms with Gasteiger partial charge in [0, 0.05) is 13.6 Å². The third-order valence-electron chi connectivity index (χ3n) is 2.39. The Morgan fingerprint density at radius 1 is 1.47 bits per heavy atom. The van der Waals surface area contributed by atoms with Crippen LogP contribution in [0.4, 0.5) is 5.69 Å². The van der Waals surface area contributed by atoms with E-state index in [0.717, 1.165) is 12.1 Å². The molecule has 0 radical (unpaired) electrons. The number of para-hydroxylation sites is 1. The van der Waals surface area contributed by atoms with Gasteiger partial charge in [0.05, 0.1) is 17.8 Å². The van der Waals surface area contributed by atoms with Crippen LogP contribution in [0.25, 0.3) is 0 Å². The summed E-state index contributed by atoms with van der Waals surface area (Å²) in [5.41, 5.74) is 1.36. The number of benzene rings is 1. The Morgan fingerprint density at radius 2 is 2.18 bits per heavy atom. The van der Waals surface area contributed by atoms with Crippen molar-refractivity contribution in [1.29, 1.82) is 5.26 Å². The minimum absolute atomic E-state index is 0.0258. The third-order valence-corrected chi connectivity index (χ3v) is 2.39. The number of anilines is 1. The smallest absolute Gasteiger partial charge is 0.239 e. The van der Waals surface area contributed by atoms with Crippen LogP contribution in [0.15, 0.2) is 24.3 Å². The minimum atomic E-state index is -0.0258. The average molecular weight is 231 g/mol. The van der Waals surface area contributed by atoms with Crippen LogP contribution in [0.3, 0.4) is 0 Å². The van der Waals surface area contributed by atoms with Gasteiger partial charge >= 0.3 is 0 Å². The van der Waals surface area contributed by atoms with Gasteiger partial charge in [-0.05, 0) is 18.6 Å². The van der Waals surface area contributed by atoms with Gasteiger partial charge in [0.25, 0.3) is 0 Å². The molecule has 1 amide bonds. The number of carbonyl (C=O) groups is 1. The molecular formula is C13H17N3O. The lowest BCUT2D eigenvalue weighted by Crippen LogP contribution is -2.35. The van der Waals surface area contributed by atoms with Gasteiger partial charge < -0.3 is 10.2 Å². The summed E-state index contributed by atoms with van der Waals surface area (Å²) in [7, 11) is 1.81. The normalized spacial score (nSPS) is 9.47. The molecule has 0 saturated carbocycles. The van der Waals surface area contributed by atoms with Crippen LogP contribution in [-0.4, -0.2) is 26.0 Å². The zero-order valence-corrected chi connectivity index (χ0v) is 10.2. The van der Waals surface area contributed by atoms with E-state index in [9.17, 15) is 4.79 Å². The Bertz CT molecular complexity index is 423. The Labute approximate surface area is 102 Å². The summed E-state index contributed by atoms with van der Waals surface area (Å²) >= 11 is 0. The molecule has 0 saturated heterocycles. The van der Waals surface area contributed by atoms with Gasteiger partial charge in [0.2, 0.25) is 5.91 Å². The summed E-state index contributed by atoms with van der Waals surface area (Å²) in [6.07, 6.45) is 0.921. The fraction of sp³-hybridized carbons (Fsp3) is 0.385. The lowest BCUT2D eigenvalue weighted by atomic mass is 10.2. The first-order valence-corrected chi connectivity index (χ1v) is 5.66. The van der Waals surface area contributed by atoms with E-state index in [2.05, 4.69) is 11.4 Å². The number of nitriles is 1. The SMILES string of the molecule is CCCNC(=O)CN(C)c1ccccc1C#N. The summed E-state index contributed by atoms with van der Waals surface area (Å²) in [6.45, 7) is 2.96. The van der Waals surface area contributed by atoms with Crippen LogP contribution in [0.1, 0.15) is 18.9 Å². The maximum absolute atomic E-state index is 11.5. The lowest BCUT2D eigenvalue weighted by molar-refractivity contribution is -0.119. The summed E-state index contributed by atoms with van der Waals surface area (Å²) in [4.78, 5) is 13.3. The maximum atomic E-state index is 11.5. The van der Waals surface area contributed by atoms with Crippen LogP contribution in [-0.2, 0) is 4.79 Å². The number of hydrogen-bond acceptors (Lipinski definition) is 3. The Hall–Kier alpha value is -2.02. The molecule has 4 nitrogen and oxygen atoms in total. The van der Waals surface area contributed by atoms with Crippen molar-refractivity contribution in [2.45, 2.75) is 13.3 Å². The highest BCUT2D eigenvalue weighted by atomic mass is 16.2. The van der Waals surface area contributed by atoms with Crippen LogP contribution in [0.5, 0.6) is 0 Å². The van der Waals surface area contributed by atoms with E-state index in [1.165, 1.54) is 0 Å². The van der Waals surface area contributed by atoms with E-state index in [1.807, 2.05) is 32.2 Å². The molecule has 0 aliphatic rings. The zero-order chi connectivity index (χ0) is 12.7. The van der Waals surface area contributed by atoms with Crippen molar-refractivity contribution in [2.24, 2.45) is 0 Å². The number of rotatable bonds is 5. The van der Waals surface area contributed by atoms with Gasteiger partial charge in [-0.2, -0.15) is 5.26 Å².